The average Bonchev–Trinajstić information content (AvgIpc) is 2.62. The van der Waals surface area contributed by atoms with E-state index in [-0.39, 0.29) is 12.0 Å². The van der Waals surface area contributed by atoms with Crippen LogP contribution in [0, 0.1) is 0 Å². The lowest BCUT2D eigenvalue weighted by molar-refractivity contribution is -0.143. The fourth-order valence-electron chi connectivity index (χ4n) is 1.75. The summed E-state index contributed by atoms with van der Waals surface area (Å²) in [4.78, 5) is 23.7. The van der Waals surface area contributed by atoms with Crippen molar-refractivity contribution >= 4 is 12.3 Å². The predicted molar refractivity (Wildman–Crippen MR) is 51.9 cm³/mol. The number of ether oxygens (including phenoxy) is 1. The van der Waals surface area contributed by atoms with Gasteiger partial charge in [-0.25, -0.2) is 0 Å². The van der Waals surface area contributed by atoms with Gasteiger partial charge in [0.2, 0.25) is 0 Å². The van der Waals surface area contributed by atoms with Gasteiger partial charge < -0.3 is 9.53 Å². The lowest BCUT2D eigenvalue weighted by Gasteiger charge is -2.18. The van der Waals surface area contributed by atoms with Crippen molar-refractivity contribution in [1.82, 2.24) is 4.90 Å². The molecule has 0 bridgehead atoms. The van der Waals surface area contributed by atoms with Gasteiger partial charge >= 0.3 is 5.97 Å². The van der Waals surface area contributed by atoms with Crippen molar-refractivity contribution in [3.05, 3.63) is 0 Å². The molecule has 1 fully saturated rings. The highest BCUT2D eigenvalue weighted by molar-refractivity contribution is 5.69. The first kappa shape index (κ1) is 11.2. The second-order valence-corrected chi connectivity index (χ2v) is 3.44. The van der Waals surface area contributed by atoms with E-state index in [1.165, 1.54) is 0 Å². The van der Waals surface area contributed by atoms with Gasteiger partial charge in [0.15, 0.2) is 0 Å². The van der Waals surface area contributed by atoms with Crippen LogP contribution in [-0.2, 0) is 14.3 Å². The second kappa shape index (κ2) is 5.75. The summed E-state index contributed by atoms with van der Waals surface area (Å²) >= 11 is 0. The van der Waals surface area contributed by atoms with E-state index in [0.717, 1.165) is 25.7 Å². The number of hydrogen-bond donors (Lipinski definition) is 0. The highest BCUT2D eigenvalue weighted by atomic mass is 16.5. The van der Waals surface area contributed by atoms with Gasteiger partial charge in [-0.15, -0.1) is 0 Å². The lowest BCUT2D eigenvalue weighted by Crippen LogP contribution is -2.32. The number of likely N-dealkylation sites (tertiary alicyclic amines) is 1. The minimum atomic E-state index is -0.177. The summed E-state index contributed by atoms with van der Waals surface area (Å²) in [6.45, 7) is 3.78. The SMILES string of the molecule is CCOC(=O)CCN1CCCC1C=O. The number of rotatable bonds is 5. The fourth-order valence-corrected chi connectivity index (χ4v) is 1.75. The van der Waals surface area contributed by atoms with Crippen LogP contribution in [0.2, 0.25) is 0 Å². The molecule has 1 aliphatic rings. The van der Waals surface area contributed by atoms with Crippen molar-refractivity contribution in [3.63, 3.8) is 0 Å². The molecule has 4 heteroatoms. The van der Waals surface area contributed by atoms with Gasteiger partial charge in [-0.2, -0.15) is 0 Å². The number of aldehydes is 1. The summed E-state index contributed by atoms with van der Waals surface area (Å²) < 4.78 is 4.82. The first-order chi connectivity index (χ1) is 6.77. The largest absolute Gasteiger partial charge is 0.466 e. The van der Waals surface area contributed by atoms with Crippen LogP contribution in [-0.4, -0.2) is 42.9 Å². The zero-order chi connectivity index (χ0) is 10.4. The zero-order valence-electron chi connectivity index (χ0n) is 8.57. The molecule has 1 unspecified atom stereocenters. The Morgan fingerprint density at radius 3 is 3.07 bits per heavy atom. The van der Waals surface area contributed by atoms with Crippen LogP contribution in [0.5, 0.6) is 0 Å². The van der Waals surface area contributed by atoms with Crippen LogP contribution >= 0.6 is 0 Å². The maximum atomic E-state index is 11.1. The molecule has 0 spiro atoms. The Bertz CT molecular complexity index is 206. The van der Waals surface area contributed by atoms with Gasteiger partial charge in [-0.05, 0) is 26.3 Å². The Balaban J connectivity index is 2.23. The number of esters is 1. The maximum Gasteiger partial charge on any atom is 0.307 e. The van der Waals surface area contributed by atoms with E-state index in [9.17, 15) is 9.59 Å². The van der Waals surface area contributed by atoms with E-state index in [2.05, 4.69) is 0 Å². The van der Waals surface area contributed by atoms with Crippen LogP contribution in [0.25, 0.3) is 0 Å². The van der Waals surface area contributed by atoms with Gasteiger partial charge in [0, 0.05) is 6.54 Å². The molecule has 14 heavy (non-hydrogen) atoms. The Kier molecular flexibility index (Phi) is 4.59. The first-order valence-corrected chi connectivity index (χ1v) is 5.13. The summed E-state index contributed by atoms with van der Waals surface area (Å²) in [7, 11) is 0. The van der Waals surface area contributed by atoms with Crippen molar-refractivity contribution < 1.29 is 14.3 Å². The van der Waals surface area contributed by atoms with E-state index in [1.54, 1.807) is 6.92 Å². The monoisotopic (exact) mass is 199 g/mol. The molecule has 1 rings (SSSR count). The van der Waals surface area contributed by atoms with Gasteiger partial charge in [-0.1, -0.05) is 0 Å². The van der Waals surface area contributed by atoms with Crippen molar-refractivity contribution in [2.45, 2.75) is 32.2 Å². The van der Waals surface area contributed by atoms with Gasteiger partial charge in [0.05, 0.1) is 19.1 Å². The third kappa shape index (κ3) is 3.10. The molecular weight excluding hydrogens is 182 g/mol. The standard InChI is InChI=1S/C10H17NO3/c1-2-14-10(13)5-7-11-6-3-4-9(11)8-12/h8-9H,2-7H2,1H3. The number of carbonyl (C=O) groups is 2. The third-order valence-electron chi connectivity index (χ3n) is 2.48. The summed E-state index contributed by atoms with van der Waals surface area (Å²) in [6.07, 6.45) is 3.33. The molecule has 0 aromatic carbocycles. The van der Waals surface area contributed by atoms with Crippen LogP contribution in [0.3, 0.4) is 0 Å². The first-order valence-electron chi connectivity index (χ1n) is 5.13. The number of carbonyl (C=O) groups excluding carboxylic acids is 2. The minimum absolute atomic E-state index is 0.0180. The maximum absolute atomic E-state index is 11.1. The molecule has 0 N–H and O–H groups in total. The summed E-state index contributed by atoms with van der Waals surface area (Å²) in [5.74, 6) is -0.177. The van der Waals surface area contributed by atoms with Crippen LogP contribution < -0.4 is 0 Å². The van der Waals surface area contributed by atoms with Crippen LogP contribution in [0.4, 0.5) is 0 Å². The van der Waals surface area contributed by atoms with E-state index >= 15 is 0 Å². The van der Waals surface area contributed by atoms with E-state index in [4.69, 9.17) is 4.74 Å². The molecule has 80 valence electrons. The quantitative estimate of drug-likeness (QED) is 0.480. The highest BCUT2D eigenvalue weighted by Crippen LogP contribution is 2.15. The van der Waals surface area contributed by atoms with Gasteiger partial charge in [0.1, 0.15) is 6.29 Å². The molecular formula is C10H17NO3. The molecule has 1 atom stereocenters. The minimum Gasteiger partial charge on any atom is -0.466 e. The molecule has 0 aromatic heterocycles. The van der Waals surface area contributed by atoms with Gasteiger partial charge in [0.25, 0.3) is 0 Å². The van der Waals surface area contributed by atoms with Crippen molar-refractivity contribution in [2.24, 2.45) is 0 Å². The van der Waals surface area contributed by atoms with Crippen LogP contribution in [0.15, 0.2) is 0 Å². The molecule has 4 nitrogen and oxygen atoms in total. The summed E-state index contributed by atoms with van der Waals surface area (Å²) in [5, 5.41) is 0. The van der Waals surface area contributed by atoms with E-state index in [1.807, 2.05) is 4.90 Å². The predicted octanol–water partition coefficient (Wildman–Crippen LogP) is 0.603. The van der Waals surface area contributed by atoms with Crippen molar-refractivity contribution in [1.29, 1.82) is 0 Å². The average molecular weight is 199 g/mol. The Labute approximate surface area is 84.2 Å². The Hall–Kier alpha value is -0.900. The zero-order valence-corrected chi connectivity index (χ0v) is 8.57. The molecule has 0 aromatic rings. The number of nitrogens with zero attached hydrogens (tertiary/aromatic N) is 1. The van der Waals surface area contributed by atoms with E-state index in [0.29, 0.717) is 19.6 Å². The molecule has 0 radical (unpaired) electrons. The summed E-state index contributed by atoms with van der Waals surface area (Å²) in [5.41, 5.74) is 0. The van der Waals surface area contributed by atoms with Gasteiger partial charge in [-0.3, -0.25) is 9.69 Å². The van der Waals surface area contributed by atoms with Crippen molar-refractivity contribution in [3.8, 4) is 0 Å². The second-order valence-electron chi connectivity index (χ2n) is 3.44. The smallest absolute Gasteiger partial charge is 0.307 e. The third-order valence-corrected chi connectivity index (χ3v) is 2.48. The fraction of sp³-hybridized carbons (Fsp3) is 0.800. The van der Waals surface area contributed by atoms with E-state index < -0.39 is 0 Å². The number of hydrogen-bond acceptors (Lipinski definition) is 4. The van der Waals surface area contributed by atoms with Crippen molar-refractivity contribution in [2.75, 3.05) is 19.7 Å². The molecule has 0 aliphatic carbocycles. The molecule has 0 amide bonds. The topological polar surface area (TPSA) is 46.6 Å². The molecule has 1 heterocycles. The Morgan fingerprint density at radius 2 is 2.43 bits per heavy atom. The molecule has 0 saturated carbocycles. The summed E-state index contributed by atoms with van der Waals surface area (Å²) in [6, 6.07) is 0.0180. The molecule has 1 aliphatic heterocycles. The normalized spacial score (nSPS) is 22.2. The van der Waals surface area contributed by atoms with Crippen LogP contribution in [0.1, 0.15) is 26.2 Å². The molecule has 1 saturated heterocycles. The lowest BCUT2D eigenvalue weighted by atomic mass is 10.2. The highest BCUT2D eigenvalue weighted by Gasteiger charge is 2.23. The Morgan fingerprint density at radius 1 is 1.64 bits per heavy atom.